The number of primary amides is 1. The van der Waals surface area contributed by atoms with Gasteiger partial charge in [0.15, 0.2) is 5.54 Å². The minimum Gasteiger partial charge on any atom is -0.367 e. The van der Waals surface area contributed by atoms with E-state index in [1.54, 1.807) is 0 Å². The molecule has 3 rings (SSSR count). The van der Waals surface area contributed by atoms with Crippen LogP contribution in [0.3, 0.4) is 0 Å². The standard InChI is InChI=1S/C21H20F6N2O2S/c22-20(23,24)14-8-4-9-15(12-14)29(18(31)21(25,26)27)19(17(28)30,16-10-5-11-32-16)13-6-2-1-3-7-13/h4-5,8-13H,1-3,6-7H2,(H2,28,30). The molecular formula is C21H20F6N2O2S. The van der Waals surface area contributed by atoms with Gasteiger partial charge in [-0.1, -0.05) is 31.4 Å². The number of hydrogen-bond donors (Lipinski definition) is 1. The summed E-state index contributed by atoms with van der Waals surface area (Å²) in [5.74, 6) is -4.47. The molecule has 32 heavy (non-hydrogen) atoms. The molecule has 1 aromatic heterocycles. The van der Waals surface area contributed by atoms with Crippen molar-refractivity contribution in [3.05, 3.63) is 52.2 Å². The summed E-state index contributed by atoms with van der Waals surface area (Å²) in [7, 11) is 0. The second-order valence-corrected chi connectivity index (χ2v) is 8.58. The monoisotopic (exact) mass is 478 g/mol. The Balaban J connectivity index is 2.35. The second-order valence-electron chi connectivity index (χ2n) is 7.63. The first-order chi connectivity index (χ1) is 14.9. The molecule has 0 saturated heterocycles. The van der Waals surface area contributed by atoms with Gasteiger partial charge < -0.3 is 5.73 Å². The second kappa shape index (κ2) is 8.76. The van der Waals surface area contributed by atoms with Crippen molar-refractivity contribution >= 4 is 28.8 Å². The Morgan fingerprint density at radius 3 is 2.12 bits per heavy atom. The quantitative estimate of drug-likeness (QED) is 0.567. The van der Waals surface area contributed by atoms with E-state index in [-0.39, 0.29) is 9.78 Å². The van der Waals surface area contributed by atoms with Crippen LogP contribution < -0.4 is 10.6 Å². The van der Waals surface area contributed by atoms with Crippen LogP contribution in [0.25, 0.3) is 0 Å². The van der Waals surface area contributed by atoms with Crippen LogP contribution in [-0.4, -0.2) is 18.0 Å². The number of thiophene rings is 1. The molecule has 1 heterocycles. The van der Waals surface area contributed by atoms with Crippen LogP contribution in [0.5, 0.6) is 0 Å². The molecule has 11 heteroatoms. The van der Waals surface area contributed by atoms with Gasteiger partial charge in [-0.15, -0.1) is 11.3 Å². The van der Waals surface area contributed by atoms with E-state index in [2.05, 4.69) is 0 Å². The molecule has 1 fully saturated rings. The first kappa shape index (κ1) is 24.1. The summed E-state index contributed by atoms with van der Waals surface area (Å²) in [5, 5.41) is 1.51. The first-order valence-electron chi connectivity index (χ1n) is 9.82. The van der Waals surface area contributed by atoms with Gasteiger partial charge in [0.1, 0.15) is 0 Å². The summed E-state index contributed by atoms with van der Waals surface area (Å²) in [6.07, 6.45) is -7.79. The van der Waals surface area contributed by atoms with Crippen LogP contribution in [0.15, 0.2) is 41.8 Å². The van der Waals surface area contributed by atoms with Gasteiger partial charge in [-0.2, -0.15) is 26.3 Å². The number of hydrogen-bond acceptors (Lipinski definition) is 3. The predicted molar refractivity (Wildman–Crippen MR) is 107 cm³/mol. The molecule has 0 spiro atoms. The summed E-state index contributed by atoms with van der Waals surface area (Å²) in [6.45, 7) is 0. The number of benzene rings is 1. The van der Waals surface area contributed by atoms with Crippen molar-refractivity contribution in [2.75, 3.05) is 4.90 Å². The van der Waals surface area contributed by atoms with Crippen LogP contribution in [0.4, 0.5) is 32.0 Å². The number of nitrogens with two attached hydrogens (primary N) is 1. The Kier molecular flexibility index (Phi) is 6.60. The summed E-state index contributed by atoms with van der Waals surface area (Å²) in [5.41, 5.74) is 1.49. The normalized spacial score (nSPS) is 17.6. The van der Waals surface area contributed by atoms with E-state index in [1.165, 1.54) is 17.5 Å². The molecule has 2 amide bonds. The van der Waals surface area contributed by atoms with Crippen molar-refractivity contribution in [3.63, 3.8) is 0 Å². The highest BCUT2D eigenvalue weighted by molar-refractivity contribution is 7.10. The molecule has 2 N–H and O–H groups in total. The number of nitrogens with zero attached hydrogens (tertiary/aromatic N) is 1. The van der Waals surface area contributed by atoms with Crippen molar-refractivity contribution in [2.45, 2.75) is 50.0 Å². The molecule has 1 aliphatic carbocycles. The van der Waals surface area contributed by atoms with E-state index in [0.29, 0.717) is 37.8 Å². The Bertz CT molecular complexity index is 967. The molecule has 0 bridgehead atoms. The molecule has 0 aliphatic heterocycles. The topological polar surface area (TPSA) is 63.4 Å². The first-order valence-corrected chi connectivity index (χ1v) is 10.7. The number of anilines is 1. The van der Waals surface area contributed by atoms with Gasteiger partial charge in [-0.05, 0) is 48.4 Å². The van der Waals surface area contributed by atoms with Crippen molar-refractivity contribution < 1.29 is 35.9 Å². The van der Waals surface area contributed by atoms with E-state index in [0.717, 1.165) is 29.9 Å². The molecule has 2 aromatic rings. The number of halogens is 6. The van der Waals surface area contributed by atoms with Gasteiger partial charge in [0.25, 0.3) is 0 Å². The highest BCUT2D eigenvalue weighted by Gasteiger charge is 2.59. The fourth-order valence-electron chi connectivity index (χ4n) is 4.37. The lowest BCUT2D eigenvalue weighted by Gasteiger charge is -2.47. The van der Waals surface area contributed by atoms with E-state index in [9.17, 15) is 35.9 Å². The Hall–Kier alpha value is -2.56. The lowest BCUT2D eigenvalue weighted by atomic mass is 9.71. The molecular weight excluding hydrogens is 458 g/mol. The minimum absolute atomic E-state index is 0.0758. The van der Waals surface area contributed by atoms with E-state index < -0.39 is 46.9 Å². The Morgan fingerprint density at radius 1 is 0.969 bits per heavy atom. The van der Waals surface area contributed by atoms with Crippen molar-refractivity contribution in [2.24, 2.45) is 11.7 Å². The highest BCUT2D eigenvalue weighted by atomic mass is 32.1. The van der Waals surface area contributed by atoms with Crippen LogP contribution in [0.2, 0.25) is 0 Å². The fraction of sp³-hybridized carbons (Fsp3) is 0.429. The molecule has 1 unspecified atom stereocenters. The van der Waals surface area contributed by atoms with Gasteiger partial charge in [0.2, 0.25) is 5.91 Å². The number of carbonyl (C=O) groups excluding carboxylic acids is 2. The fourth-order valence-corrected chi connectivity index (χ4v) is 5.37. The molecule has 174 valence electrons. The van der Waals surface area contributed by atoms with Crippen LogP contribution in [0, 0.1) is 5.92 Å². The third kappa shape index (κ3) is 4.35. The van der Waals surface area contributed by atoms with Crippen LogP contribution >= 0.6 is 11.3 Å². The van der Waals surface area contributed by atoms with Crippen LogP contribution in [0.1, 0.15) is 42.5 Å². The molecule has 1 atom stereocenters. The molecule has 0 radical (unpaired) electrons. The molecule has 1 aliphatic rings. The van der Waals surface area contributed by atoms with E-state index in [1.807, 2.05) is 0 Å². The third-order valence-electron chi connectivity index (χ3n) is 5.70. The lowest BCUT2D eigenvalue weighted by molar-refractivity contribution is -0.173. The Labute approximate surface area is 184 Å². The SMILES string of the molecule is NC(=O)C(c1cccs1)(C1CCCCC1)N(C(=O)C(F)(F)F)c1cccc(C(F)(F)F)c1. The number of alkyl halides is 6. The average Bonchev–Trinajstić information content (AvgIpc) is 3.25. The maximum atomic E-state index is 13.8. The number of amides is 2. The minimum atomic E-state index is -5.46. The van der Waals surface area contributed by atoms with Gasteiger partial charge >= 0.3 is 18.3 Å². The summed E-state index contributed by atoms with van der Waals surface area (Å²) >= 11 is 0.928. The zero-order valence-electron chi connectivity index (χ0n) is 16.7. The average molecular weight is 478 g/mol. The maximum absolute atomic E-state index is 13.8. The van der Waals surface area contributed by atoms with Crippen LogP contribution in [-0.2, 0) is 21.3 Å². The molecule has 1 aromatic carbocycles. The van der Waals surface area contributed by atoms with Gasteiger partial charge in [0, 0.05) is 10.6 Å². The maximum Gasteiger partial charge on any atom is 0.471 e. The zero-order chi connectivity index (χ0) is 23.7. The summed E-state index contributed by atoms with van der Waals surface area (Å²) < 4.78 is 81.3. The van der Waals surface area contributed by atoms with Gasteiger partial charge in [0.05, 0.1) is 5.56 Å². The van der Waals surface area contributed by atoms with E-state index >= 15 is 0 Å². The highest BCUT2D eigenvalue weighted by Crippen LogP contribution is 2.49. The Morgan fingerprint density at radius 2 is 1.62 bits per heavy atom. The summed E-state index contributed by atoms with van der Waals surface area (Å²) in [6, 6.07) is 5.84. The number of carbonyl (C=O) groups is 2. The largest absolute Gasteiger partial charge is 0.471 e. The predicted octanol–water partition coefficient (Wildman–Crippen LogP) is 5.62. The number of rotatable bonds is 5. The summed E-state index contributed by atoms with van der Waals surface area (Å²) in [4.78, 5) is 25.9. The molecule has 1 saturated carbocycles. The van der Waals surface area contributed by atoms with Gasteiger partial charge in [-0.25, -0.2) is 0 Å². The lowest BCUT2D eigenvalue weighted by Crippen LogP contribution is -2.64. The van der Waals surface area contributed by atoms with Crippen molar-refractivity contribution in [1.82, 2.24) is 0 Å². The zero-order valence-corrected chi connectivity index (χ0v) is 17.5. The third-order valence-corrected chi connectivity index (χ3v) is 6.69. The van der Waals surface area contributed by atoms with Gasteiger partial charge in [-0.3, -0.25) is 14.5 Å². The van der Waals surface area contributed by atoms with E-state index in [4.69, 9.17) is 5.73 Å². The molecule has 4 nitrogen and oxygen atoms in total. The van der Waals surface area contributed by atoms with Crippen molar-refractivity contribution in [1.29, 1.82) is 0 Å². The van der Waals surface area contributed by atoms with Crippen molar-refractivity contribution in [3.8, 4) is 0 Å². The smallest absolute Gasteiger partial charge is 0.367 e.